The van der Waals surface area contributed by atoms with Gasteiger partial charge in [-0.15, -0.1) is 0 Å². The van der Waals surface area contributed by atoms with Gasteiger partial charge in [-0.05, 0) is 36.3 Å². The molecule has 2 amide bonds. The summed E-state index contributed by atoms with van der Waals surface area (Å²) in [6, 6.07) is 15.3. The zero-order chi connectivity index (χ0) is 20.6. The van der Waals surface area contributed by atoms with Crippen LogP contribution < -0.4 is 10.2 Å². The summed E-state index contributed by atoms with van der Waals surface area (Å²) in [4.78, 5) is 28.6. The Kier molecular flexibility index (Phi) is 7.30. The van der Waals surface area contributed by atoms with Gasteiger partial charge in [0.15, 0.2) is 0 Å². The third kappa shape index (κ3) is 5.84. The summed E-state index contributed by atoms with van der Waals surface area (Å²) in [7, 11) is 0. The monoisotopic (exact) mass is 411 g/mol. The van der Waals surface area contributed by atoms with Crippen LogP contribution in [0.3, 0.4) is 0 Å². The molecular formula is C23H26ClN3O2. The fourth-order valence-electron chi connectivity index (χ4n) is 3.33. The third-order valence-electron chi connectivity index (χ3n) is 4.86. The van der Waals surface area contributed by atoms with Crippen LogP contribution in [0.25, 0.3) is 6.08 Å². The second-order valence-corrected chi connectivity index (χ2v) is 7.45. The topological polar surface area (TPSA) is 52.7 Å². The molecule has 1 fully saturated rings. The third-order valence-corrected chi connectivity index (χ3v) is 5.09. The number of hydrogen-bond acceptors (Lipinski definition) is 3. The van der Waals surface area contributed by atoms with Crippen molar-refractivity contribution < 1.29 is 9.59 Å². The van der Waals surface area contributed by atoms with Crippen molar-refractivity contribution in [2.45, 2.75) is 19.8 Å². The molecule has 0 saturated carbocycles. The first-order chi connectivity index (χ1) is 14.1. The van der Waals surface area contributed by atoms with Gasteiger partial charge in [0.25, 0.3) is 0 Å². The number of piperazine rings is 1. The Morgan fingerprint density at radius 1 is 1.07 bits per heavy atom. The highest BCUT2D eigenvalue weighted by atomic mass is 35.5. The van der Waals surface area contributed by atoms with E-state index in [9.17, 15) is 9.59 Å². The summed E-state index contributed by atoms with van der Waals surface area (Å²) in [6.07, 6.45) is 4.74. The molecule has 0 unspecified atom stereocenters. The summed E-state index contributed by atoms with van der Waals surface area (Å²) in [5.74, 6) is -0.00281. The largest absolute Gasteiger partial charge is 0.366 e. The first-order valence-electron chi connectivity index (χ1n) is 9.93. The fraction of sp³-hybridized carbons (Fsp3) is 0.304. The first-order valence-corrected chi connectivity index (χ1v) is 10.3. The minimum Gasteiger partial charge on any atom is -0.366 e. The second kappa shape index (κ2) is 10.1. The molecule has 1 heterocycles. The number of benzene rings is 2. The van der Waals surface area contributed by atoms with E-state index in [4.69, 9.17) is 11.6 Å². The number of carbonyl (C=O) groups excluding carboxylic acids is 2. The van der Waals surface area contributed by atoms with Crippen LogP contribution in [0, 0.1) is 0 Å². The second-order valence-electron chi connectivity index (χ2n) is 7.02. The summed E-state index contributed by atoms with van der Waals surface area (Å²) in [6.45, 7) is 4.62. The minimum absolute atomic E-state index is 0.0149. The number of amides is 2. The quantitative estimate of drug-likeness (QED) is 0.715. The molecule has 29 heavy (non-hydrogen) atoms. The lowest BCUT2D eigenvalue weighted by molar-refractivity contribution is -0.126. The molecular weight excluding hydrogens is 386 g/mol. The maximum absolute atomic E-state index is 12.5. The molecule has 1 aliphatic heterocycles. The van der Waals surface area contributed by atoms with Gasteiger partial charge in [-0.2, -0.15) is 0 Å². The van der Waals surface area contributed by atoms with Crippen LogP contribution in [0.15, 0.2) is 54.6 Å². The average molecular weight is 412 g/mol. The molecule has 2 aromatic carbocycles. The normalized spacial score (nSPS) is 14.3. The van der Waals surface area contributed by atoms with Crippen molar-refractivity contribution >= 4 is 40.9 Å². The maximum Gasteiger partial charge on any atom is 0.246 e. The van der Waals surface area contributed by atoms with E-state index in [-0.39, 0.29) is 11.8 Å². The summed E-state index contributed by atoms with van der Waals surface area (Å²) >= 11 is 6.14. The lowest BCUT2D eigenvalue weighted by Gasteiger charge is -2.36. The predicted octanol–water partition coefficient (Wildman–Crippen LogP) is 4.44. The molecule has 6 heteroatoms. The molecule has 0 atom stereocenters. The number of rotatable bonds is 6. The predicted molar refractivity (Wildman–Crippen MR) is 119 cm³/mol. The molecule has 0 spiro atoms. The smallest absolute Gasteiger partial charge is 0.246 e. The molecule has 0 aliphatic carbocycles. The van der Waals surface area contributed by atoms with Crippen molar-refractivity contribution in [3.05, 3.63) is 65.2 Å². The van der Waals surface area contributed by atoms with Gasteiger partial charge >= 0.3 is 0 Å². The SMILES string of the molecule is CCCC(=O)Nc1cc(Cl)ccc1N1CCN(C(=O)/C=C\c2ccccc2)CC1. The summed E-state index contributed by atoms with van der Waals surface area (Å²) in [5, 5.41) is 3.55. The maximum atomic E-state index is 12.5. The molecule has 3 rings (SSSR count). The van der Waals surface area contributed by atoms with E-state index in [1.807, 2.05) is 60.4 Å². The molecule has 1 N–H and O–H groups in total. The van der Waals surface area contributed by atoms with Crippen molar-refractivity contribution in [2.24, 2.45) is 0 Å². The number of carbonyl (C=O) groups is 2. The van der Waals surface area contributed by atoms with E-state index >= 15 is 0 Å². The highest BCUT2D eigenvalue weighted by Gasteiger charge is 2.22. The molecule has 0 aromatic heterocycles. The fourth-order valence-corrected chi connectivity index (χ4v) is 3.50. The Balaban J connectivity index is 1.62. The summed E-state index contributed by atoms with van der Waals surface area (Å²) in [5.41, 5.74) is 2.67. The van der Waals surface area contributed by atoms with Crippen molar-refractivity contribution in [2.75, 3.05) is 36.4 Å². The highest BCUT2D eigenvalue weighted by Crippen LogP contribution is 2.30. The van der Waals surface area contributed by atoms with Crippen molar-refractivity contribution in [3.8, 4) is 0 Å². The van der Waals surface area contributed by atoms with E-state index in [1.54, 1.807) is 12.1 Å². The van der Waals surface area contributed by atoms with E-state index in [1.165, 1.54) is 0 Å². The van der Waals surface area contributed by atoms with E-state index in [0.29, 0.717) is 37.6 Å². The van der Waals surface area contributed by atoms with Gasteiger partial charge in [0, 0.05) is 43.7 Å². The molecule has 1 aliphatic rings. The number of hydrogen-bond donors (Lipinski definition) is 1. The van der Waals surface area contributed by atoms with Crippen molar-refractivity contribution in [1.29, 1.82) is 0 Å². The number of nitrogens with one attached hydrogen (secondary N) is 1. The van der Waals surface area contributed by atoms with Gasteiger partial charge in [-0.3, -0.25) is 9.59 Å². The molecule has 152 valence electrons. The first kappa shape index (κ1) is 20.9. The molecule has 0 bridgehead atoms. The van der Waals surface area contributed by atoms with Crippen LogP contribution >= 0.6 is 11.6 Å². The van der Waals surface area contributed by atoms with Gasteiger partial charge in [-0.25, -0.2) is 0 Å². The molecule has 2 aromatic rings. The number of anilines is 2. The van der Waals surface area contributed by atoms with Crippen LogP contribution in [-0.4, -0.2) is 42.9 Å². The van der Waals surface area contributed by atoms with Crippen molar-refractivity contribution in [1.82, 2.24) is 4.90 Å². The van der Waals surface area contributed by atoms with Crippen LogP contribution in [-0.2, 0) is 9.59 Å². The zero-order valence-electron chi connectivity index (χ0n) is 16.6. The lowest BCUT2D eigenvalue weighted by atomic mass is 10.2. The highest BCUT2D eigenvalue weighted by molar-refractivity contribution is 6.31. The van der Waals surface area contributed by atoms with E-state index < -0.39 is 0 Å². The Bertz CT molecular complexity index is 875. The van der Waals surface area contributed by atoms with Crippen LogP contribution in [0.5, 0.6) is 0 Å². The Morgan fingerprint density at radius 2 is 1.79 bits per heavy atom. The van der Waals surface area contributed by atoms with Gasteiger partial charge in [0.1, 0.15) is 0 Å². The molecule has 5 nitrogen and oxygen atoms in total. The average Bonchev–Trinajstić information content (AvgIpc) is 2.73. The van der Waals surface area contributed by atoms with Gasteiger partial charge in [0.05, 0.1) is 11.4 Å². The van der Waals surface area contributed by atoms with Crippen LogP contribution in [0.4, 0.5) is 11.4 Å². The summed E-state index contributed by atoms with van der Waals surface area (Å²) < 4.78 is 0. The Labute approximate surface area is 177 Å². The van der Waals surface area contributed by atoms with Crippen LogP contribution in [0.2, 0.25) is 5.02 Å². The standard InChI is InChI=1S/C23H26ClN3O2/c1-2-6-22(28)25-20-17-19(24)10-11-21(20)26-13-15-27(16-14-26)23(29)12-9-18-7-4-3-5-8-18/h3-5,7-12,17H,2,6,13-16H2,1H3,(H,25,28)/b12-9-. The van der Waals surface area contributed by atoms with Gasteiger partial charge in [0.2, 0.25) is 11.8 Å². The number of nitrogens with zero attached hydrogens (tertiary/aromatic N) is 2. The Hall–Kier alpha value is -2.79. The molecule has 1 saturated heterocycles. The van der Waals surface area contributed by atoms with Gasteiger partial charge in [-0.1, -0.05) is 48.9 Å². The zero-order valence-corrected chi connectivity index (χ0v) is 17.4. The molecule has 0 radical (unpaired) electrons. The van der Waals surface area contributed by atoms with Crippen molar-refractivity contribution in [3.63, 3.8) is 0 Å². The van der Waals surface area contributed by atoms with Gasteiger partial charge < -0.3 is 15.1 Å². The van der Waals surface area contributed by atoms with Crippen LogP contribution in [0.1, 0.15) is 25.3 Å². The van der Waals surface area contributed by atoms with E-state index in [0.717, 1.165) is 23.4 Å². The lowest BCUT2D eigenvalue weighted by Crippen LogP contribution is -2.48. The van der Waals surface area contributed by atoms with E-state index in [2.05, 4.69) is 10.2 Å². The Morgan fingerprint density at radius 3 is 2.48 bits per heavy atom. The minimum atomic E-state index is -0.0177. The number of halogens is 1.